The van der Waals surface area contributed by atoms with Gasteiger partial charge in [0.2, 0.25) is 11.8 Å². The van der Waals surface area contributed by atoms with Crippen molar-refractivity contribution in [2.75, 3.05) is 10.6 Å². The quantitative estimate of drug-likeness (QED) is 0.513. The number of carbonyl (C=O) groups is 2. The maximum Gasteiger partial charge on any atom is 0.247 e. The zero-order valence-corrected chi connectivity index (χ0v) is 15.8. The largest absolute Gasteiger partial charge is 0.457 e. The molecule has 28 heavy (non-hydrogen) atoms. The molecular formula is C22H18N2O3S. The first-order valence-corrected chi connectivity index (χ1v) is 9.70. The van der Waals surface area contributed by atoms with Crippen LogP contribution in [0.25, 0.3) is 0 Å². The molecule has 3 aromatic rings. The van der Waals surface area contributed by atoms with Gasteiger partial charge < -0.3 is 10.5 Å². The van der Waals surface area contributed by atoms with Gasteiger partial charge in [0.15, 0.2) is 0 Å². The van der Waals surface area contributed by atoms with Gasteiger partial charge in [0.1, 0.15) is 11.5 Å². The minimum atomic E-state index is -0.434. The third kappa shape index (κ3) is 3.87. The van der Waals surface area contributed by atoms with E-state index in [1.54, 1.807) is 36.4 Å². The second kappa shape index (κ2) is 7.78. The molecule has 1 heterocycles. The number of hydrogen-bond acceptors (Lipinski definition) is 5. The Labute approximate surface area is 167 Å². The predicted molar refractivity (Wildman–Crippen MR) is 111 cm³/mol. The second-order valence-electron chi connectivity index (χ2n) is 6.36. The number of benzene rings is 3. The van der Waals surface area contributed by atoms with Gasteiger partial charge in [-0.25, -0.2) is 4.90 Å². The van der Waals surface area contributed by atoms with Gasteiger partial charge in [-0.2, -0.15) is 0 Å². The molecule has 1 unspecified atom stereocenters. The van der Waals surface area contributed by atoms with E-state index in [0.717, 1.165) is 10.6 Å². The number of amides is 2. The van der Waals surface area contributed by atoms with E-state index in [9.17, 15) is 9.59 Å². The van der Waals surface area contributed by atoms with Crippen LogP contribution in [-0.2, 0) is 9.59 Å². The molecule has 0 aromatic heterocycles. The topological polar surface area (TPSA) is 72.6 Å². The first-order valence-electron chi connectivity index (χ1n) is 8.82. The van der Waals surface area contributed by atoms with Crippen LogP contribution in [0.4, 0.5) is 11.4 Å². The van der Waals surface area contributed by atoms with Crippen LogP contribution < -0.4 is 15.4 Å². The molecule has 140 valence electrons. The number of nitrogens with zero attached hydrogens (tertiary/aromatic N) is 1. The molecule has 0 radical (unpaired) electrons. The minimum absolute atomic E-state index is 0.177. The number of hydrogen-bond donors (Lipinski definition) is 1. The third-order valence-corrected chi connectivity index (χ3v) is 5.53. The molecule has 2 N–H and O–H groups in total. The minimum Gasteiger partial charge on any atom is -0.457 e. The smallest absolute Gasteiger partial charge is 0.247 e. The number of thioether (sulfide) groups is 1. The lowest BCUT2D eigenvalue weighted by atomic mass is 10.2. The Morgan fingerprint density at radius 3 is 2.18 bits per heavy atom. The third-order valence-electron chi connectivity index (χ3n) is 4.34. The van der Waals surface area contributed by atoms with Crippen LogP contribution in [-0.4, -0.2) is 17.1 Å². The van der Waals surface area contributed by atoms with Crippen molar-refractivity contribution in [1.82, 2.24) is 0 Å². The van der Waals surface area contributed by atoms with Crippen LogP contribution in [0.3, 0.4) is 0 Å². The summed E-state index contributed by atoms with van der Waals surface area (Å²) in [5.41, 5.74) is 6.91. The highest BCUT2D eigenvalue weighted by molar-refractivity contribution is 8.00. The van der Waals surface area contributed by atoms with Gasteiger partial charge in [-0.1, -0.05) is 18.2 Å². The van der Waals surface area contributed by atoms with Crippen LogP contribution in [0.2, 0.25) is 0 Å². The van der Waals surface area contributed by atoms with Crippen LogP contribution in [0.5, 0.6) is 11.5 Å². The first-order chi connectivity index (χ1) is 13.6. The number of ether oxygens (including phenoxy) is 1. The number of nitrogens with two attached hydrogens (primary N) is 1. The van der Waals surface area contributed by atoms with Gasteiger partial charge >= 0.3 is 0 Å². The Hall–Kier alpha value is -3.25. The van der Waals surface area contributed by atoms with Gasteiger partial charge in [0, 0.05) is 17.0 Å². The summed E-state index contributed by atoms with van der Waals surface area (Å²) in [7, 11) is 0. The van der Waals surface area contributed by atoms with E-state index >= 15 is 0 Å². The number of nitrogen functional groups attached to an aromatic ring is 1. The molecule has 1 aliphatic heterocycles. The summed E-state index contributed by atoms with van der Waals surface area (Å²) < 4.78 is 5.76. The SMILES string of the molecule is Nc1ccc(SC2CC(=O)N(c3ccc(Oc4ccccc4)cc3)C2=O)cc1. The summed E-state index contributed by atoms with van der Waals surface area (Å²) in [6.45, 7) is 0. The Morgan fingerprint density at radius 1 is 0.857 bits per heavy atom. The monoisotopic (exact) mass is 390 g/mol. The van der Waals surface area contributed by atoms with E-state index < -0.39 is 5.25 Å². The van der Waals surface area contributed by atoms with E-state index in [0.29, 0.717) is 17.1 Å². The molecule has 1 atom stereocenters. The standard InChI is InChI=1S/C22H18N2O3S/c23-15-6-12-19(13-7-15)28-20-14-21(25)24(22(20)26)16-8-10-18(11-9-16)27-17-4-2-1-3-5-17/h1-13,20H,14,23H2. The van der Waals surface area contributed by atoms with Crippen molar-refractivity contribution in [3.05, 3.63) is 78.9 Å². The Bertz CT molecular complexity index is 989. The zero-order valence-electron chi connectivity index (χ0n) is 14.9. The summed E-state index contributed by atoms with van der Waals surface area (Å²) in [4.78, 5) is 27.4. The van der Waals surface area contributed by atoms with E-state index in [-0.39, 0.29) is 18.2 Å². The molecule has 0 aliphatic carbocycles. The van der Waals surface area contributed by atoms with Gasteiger partial charge in [0.05, 0.1) is 10.9 Å². The van der Waals surface area contributed by atoms with E-state index in [4.69, 9.17) is 10.5 Å². The molecule has 5 nitrogen and oxygen atoms in total. The normalized spacial score (nSPS) is 16.4. The molecule has 4 rings (SSSR count). The van der Waals surface area contributed by atoms with Gasteiger partial charge in [0.25, 0.3) is 0 Å². The first kappa shape index (κ1) is 18.1. The van der Waals surface area contributed by atoms with Gasteiger partial charge in [-0.15, -0.1) is 11.8 Å². The van der Waals surface area contributed by atoms with Crippen molar-refractivity contribution < 1.29 is 14.3 Å². The highest BCUT2D eigenvalue weighted by Gasteiger charge is 2.40. The number of rotatable bonds is 5. The van der Waals surface area contributed by atoms with Crippen molar-refractivity contribution >= 4 is 35.0 Å². The molecule has 3 aromatic carbocycles. The molecule has 6 heteroatoms. The number of para-hydroxylation sites is 1. The van der Waals surface area contributed by atoms with Crippen LogP contribution in [0.1, 0.15) is 6.42 Å². The molecule has 2 amide bonds. The Morgan fingerprint density at radius 2 is 1.50 bits per heavy atom. The van der Waals surface area contributed by atoms with Crippen LogP contribution >= 0.6 is 11.8 Å². The maximum absolute atomic E-state index is 12.8. The fourth-order valence-corrected chi connectivity index (χ4v) is 4.02. The summed E-state index contributed by atoms with van der Waals surface area (Å²) in [6, 6.07) is 23.7. The van der Waals surface area contributed by atoms with Gasteiger partial charge in [-0.05, 0) is 60.7 Å². The highest BCUT2D eigenvalue weighted by Crippen LogP contribution is 2.35. The van der Waals surface area contributed by atoms with Crippen molar-refractivity contribution in [2.24, 2.45) is 0 Å². The Balaban J connectivity index is 1.47. The van der Waals surface area contributed by atoms with E-state index in [1.165, 1.54) is 16.7 Å². The van der Waals surface area contributed by atoms with E-state index in [1.807, 2.05) is 42.5 Å². The maximum atomic E-state index is 12.8. The van der Waals surface area contributed by atoms with Gasteiger partial charge in [-0.3, -0.25) is 9.59 Å². The highest BCUT2D eigenvalue weighted by atomic mass is 32.2. The molecule has 1 saturated heterocycles. The average molecular weight is 390 g/mol. The number of imide groups is 1. The molecule has 1 aliphatic rings. The van der Waals surface area contributed by atoms with Crippen molar-refractivity contribution in [3.8, 4) is 11.5 Å². The Kier molecular flexibility index (Phi) is 5.04. The predicted octanol–water partition coefficient (Wildman–Crippen LogP) is 4.49. The van der Waals surface area contributed by atoms with E-state index in [2.05, 4.69) is 0 Å². The fraction of sp³-hybridized carbons (Fsp3) is 0.0909. The van der Waals surface area contributed by atoms with Crippen molar-refractivity contribution in [3.63, 3.8) is 0 Å². The molecule has 1 fully saturated rings. The fourth-order valence-electron chi connectivity index (χ4n) is 2.97. The summed E-state index contributed by atoms with van der Waals surface area (Å²) >= 11 is 1.38. The lowest BCUT2D eigenvalue weighted by molar-refractivity contribution is -0.121. The molecule has 0 saturated carbocycles. The zero-order chi connectivity index (χ0) is 19.5. The number of anilines is 2. The number of carbonyl (C=O) groups excluding carboxylic acids is 2. The molecule has 0 spiro atoms. The summed E-state index contributed by atoms with van der Waals surface area (Å²) in [5, 5.41) is -0.434. The summed E-state index contributed by atoms with van der Waals surface area (Å²) in [5.74, 6) is 0.962. The lowest BCUT2D eigenvalue weighted by Gasteiger charge is -2.15. The second-order valence-corrected chi connectivity index (χ2v) is 7.63. The molecular weight excluding hydrogens is 372 g/mol. The lowest BCUT2D eigenvalue weighted by Crippen LogP contribution is -2.31. The summed E-state index contributed by atoms with van der Waals surface area (Å²) in [6.07, 6.45) is 0.177. The van der Waals surface area contributed by atoms with Crippen LogP contribution in [0, 0.1) is 0 Å². The van der Waals surface area contributed by atoms with Crippen molar-refractivity contribution in [2.45, 2.75) is 16.6 Å². The van der Waals surface area contributed by atoms with Crippen molar-refractivity contribution in [1.29, 1.82) is 0 Å². The van der Waals surface area contributed by atoms with Crippen LogP contribution in [0.15, 0.2) is 83.8 Å². The average Bonchev–Trinajstić information content (AvgIpc) is 2.98. The molecule has 0 bridgehead atoms.